The molecular formula is C38H50O5Si. The molecule has 0 radical (unpaired) electrons. The van der Waals surface area contributed by atoms with Crippen LogP contribution in [0.25, 0.3) is 0 Å². The zero-order chi connectivity index (χ0) is 31.6. The Balaban J connectivity index is 1.67. The third-order valence-electron chi connectivity index (χ3n) is 9.57. The van der Waals surface area contributed by atoms with Crippen molar-refractivity contribution in [2.24, 2.45) is 17.3 Å². The second kappa shape index (κ2) is 15.3. The zero-order valence-electron chi connectivity index (χ0n) is 26.8. The molecule has 1 aliphatic carbocycles. The molecule has 1 aliphatic rings. The third kappa shape index (κ3) is 7.60. The number of rotatable bonds is 14. The number of hydrogen-bond donors (Lipinski definition) is 2. The highest BCUT2D eigenvalue weighted by molar-refractivity contribution is 6.99. The van der Waals surface area contributed by atoms with E-state index in [9.17, 15) is 15.0 Å². The van der Waals surface area contributed by atoms with Gasteiger partial charge in [-0.2, -0.15) is 0 Å². The number of aliphatic hydroxyl groups is 2. The summed E-state index contributed by atoms with van der Waals surface area (Å²) in [6, 6.07) is 31.5. The lowest BCUT2D eigenvalue weighted by Gasteiger charge is -2.44. The second-order valence-electron chi connectivity index (χ2n) is 13.4. The Bertz CT molecular complexity index is 1280. The monoisotopic (exact) mass is 614 g/mol. The van der Waals surface area contributed by atoms with Gasteiger partial charge in [0.25, 0.3) is 8.32 Å². The van der Waals surface area contributed by atoms with Crippen molar-refractivity contribution in [3.05, 3.63) is 109 Å². The first-order valence-electron chi connectivity index (χ1n) is 16.0. The SMILES string of the molecule is COC(=O)CCC/C=C\C[C@@H]1[C@@H](CO[Si](c2ccccc2)(c2ccccc2)C(C)(C)C)[C@H](O)C[C@@]1(CO)Cc1ccccc1. The number of esters is 1. The molecule has 0 heterocycles. The minimum atomic E-state index is -2.81. The summed E-state index contributed by atoms with van der Waals surface area (Å²) < 4.78 is 12.1. The number of methoxy groups -OCH3 is 1. The van der Waals surface area contributed by atoms with Gasteiger partial charge in [0.2, 0.25) is 0 Å². The zero-order valence-corrected chi connectivity index (χ0v) is 27.8. The van der Waals surface area contributed by atoms with Crippen molar-refractivity contribution in [3.63, 3.8) is 0 Å². The van der Waals surface area contributed by atoms with Crippen LogP contribution in [0.5, 0.6) is 0 Å². The molecule has 44 heavy (non-hydrogen) atoms. The van der Waals surface area contributed by atoms with Gasteiger partial charge in [-0.05, 0) is 59.0 Å². The number of benzene rings is 3. The Kier molecular flexibility index (Phi) is 11.8. The molecule has 0 spiro atoms. The van der Waals surface area contributed by atoms with Crippen molar-refractivity contribution >= 4 is 24.7 Å². The van der Waals surface area contributed by atoms with Crippen LogP contribution in [0, 0.1) is 17.3 Å². The lowest BCUT2D eigenvalue weighted by molar-refractivity contribution is -0.140. The Morgan fingerprint density at radius 3 is 2.02 bits per heavy atom. The van der Waals surface area contributed by atoms with E-state index < -0.39 is 19.8 Å². The lowest BCUT2D eigenvalue weighted by atomic mass is 9.70. The van der Waals surface area contributed by atoms with Gasteiger partial charge < -0.3 is 19.4 Å². The van der Waals surface area contributed by atoms with E-state index in [0.29, 0.717) is 25.9 Å². The smallest absolute Gasteiger partial charge is 0.305 e. The van der Waals surface area contributed by atoms with Gasteiger partial charge in [0.15, 0.2) is 0 Å². The van der Waals surface area contributed by atoms with E-state index in [1.807, 2.05) is 30.3 Å². The van der Waals surface area contributed by atoms with E-state index in [0.717, 1.165) is 24.8 Å². The summed E-state index contributed by atoms with van der Waals surface area (Å²) in [5, 5.41) is 25.0. The van der Waals surface area contributed by atoms with E-state index in [1.165, 1.54) is 17.5 Å². The molecule has 3 aromatic carbocycles. The molecule has 4 rings (SSSR count). The third-order valence-corrected chi connectivity index (χ3v) is 14.6. The average Bonchev–Trinajstić information content (AvgIpc) is 3.29. The van der Waals surface area contributed by atoms with E-state index >= 15 is 0 Å². The summed E-state index contributed by atoms with van der Waals surface area (Å²) in [6.45, 7) is 7.21. The number of unbranched alkanes of at least 4 members (excludes halogenated alkanes) is 1. The van der Waals surface area contributed by atoms with Gasteiger partial charge in [-0.3, -0.25) is 4.79 Å². The first kappa shape index (κ1) is 33.9. The van der Waals surface area contributed by atoms with Gasteiger partial charge in [-0.25, -0.2) is 0 Å². The van der Waals surface area contributed by atoms with Crippen LogP contribution in [0.4, 0.5) is 0 Å². The molecule has 236 valence electrons. The first-order valence-corrected chi connectivity index (χ1v) is 17.9. The summed E-state index contributed by atoms with van der Waals surface area (Å²) >= 11 is 0. The van der Waals surface area contributed by atoms with E-state index in [-0.39, 0.29) is 29.5 Å². The lowest BCUT2D eigenvalue weighted by Crippen LogP contribution is -2.67. The van der Waals surface area contributed by atoms with Crippen molar-refractivity contribution in [1.29, 1.82) is 0 Å². The predicted molar refractivity (Wildman–Crippen MR) is 180 cm³/mol. The summed E-state index contributed by atoms with van der Waals surface area (Å²) in [4.78, 5) is 11.5. The predicted octanol–water partition coefficient (Wildman–Crippen LogP) is 6.07. The van der Waals surface area contributed by atoms with E-state index in [4.69, 9.17) is 9.16 Å². The molecule has 0 aliphatic heterocycles. The number of allylic oxidation sites excluding steroid dienone is 2. The number of hydrogen-bond acceptors (Lipinski definition) is 5. The molecule has 1 saturated carbocycles. The molecular weight excluding hydrogens is 564 g/mol. The fourth-order valence-corrected chi connectivity index (χ4v) is 11.9. The maximum absolute atomic E-state index is 11.7. The van der Waals surface area contributed by atoms with Crippen LogP contribution in [-0.4, -0.2) is 50.9 Å². The molecule has 0 bridgehead atoms. The first-order chi connectivity index (χ1) is 21.2. The molecule has 3 aromatic rings. The van der Waals surface area contributed by atoms with Gasteiger partial charge in [0.1, 0.15) is 0 Å². The van der Waals surface area contributed by atoms with Crippen molar-refractivity contribution in [3.8, 4) is 0 Å². The van der Waals surface area contributed by atoms with Crippen LogP contribution in [0.2, 0.25) is 5.04 Å². The Morgan fingerprint density at radius 1 is 0.932 bits per heavy atom. The summed E-state index contributed by atoms with van der Waals surface area (Å²) in [7, 11) is -1.39. The van der Waals surface area contributed by atoms with Crippen molar-refractivity contribution in [2.45, 2.75) is 70.4 Å². The number of carbonyl (C=O) groups excluding carboxylic acids is 1. The van der Waals surface area contributed by atoms with E-state index in [2.05, 4.69) is 93.6 Å². The maximum atomic E-state index is 11.7. The summed E-state index contributed by atoms with van der Waals surface area (Å²) in [5.41, 5.74) is 0.686. The molecule has 0 amide bonds. The second-order valence-corrected chi connectivity index (χ2v) is 17.7. The highest BCUT2D eigenvalue weighted by Crippen LogP contribution is 2.51. The molecule has 0 unspecified atom stereocenters. The number of carbonyl (C=O) groups is 1. The Labute approximate surface area is 265 Å². The standard InChI is InChI=1S/C38H50O5Si/c1-37(2,3)44(31-20-12-8-13-21-31,32-22-14-9-15-23-32)43-28-33-34(24-16-5-6-17-25-36(41)42-4)38(29-39,27-35(33)40)26-30-18-10-7-11-19-30/h5,7-16,18-23,33-35,39-40H,6,17,24-29H2,1-4H3/b16-5-/t33-,34-,35-,38-/m1/s1. The van der Waals surface area contributed by atoms with Gasteiger partial charge in [-0.1, -0.05) is 124 Å². The number of ether oxygens (including phenoxy) is 1. The van der Waals surface area contributed by atoms with Gasteiger partial charge in [-0.15, -0.1) is 0 Å². The molecule has 6 heteroatoms. The number of aliphatic hydroxyl groups excluding tert-OH is 2. The van der Waals surface area contributed by atoms with Gasteiger partial charge in [0, 0.05) is 31.0 Å². The minimum absolute atomic E-state index is 0.00445. The van der Waals surface area contributed by atoms with Crippen LogP contribution in [0.1, 0.15) is 58.4 Å². The van der Waals surface area contributed by atoms with Crippen LogP contribution in [0.3, 0.4) is 0 Å². The van der Waals surface area contributed by atoms with Crippen LogP contribution >= 0.6 is 0 Å². The summed E-state index contributed by atoms with van der Waals surface area (Å²) in [6.07, 6.45) is 7.53. The van der Waals surface area contributed by atoms with E-state index in [1.54, 1.807) is 0 Å². The Hall–Kier alpha value is -3.03. The van der Waals surface area contributed by atoms with Crippen LogP contribution < -0.4 is 10.4 Å². The molecule has 0 saturated heterocycles. The van der Waals surface area contributed by atoms with Crippen LogP contribution in [-0.2, 0) is 20.4 Å². The highest BCUT2D eigenvalue weighted by Gasteiger charge is 2.55. The van der Waals surface area contributed by atoms with Gasteiger partial charge in [0.05, 0.1) is 13.2 Å². The fourth-order valence-electron chi connectivity index (χ4n) is 7.35. The topological polar surface area (TPSA) is 76.0 Å². The quantitative estimate of drug-likeness (QED) is 0.0998. The average molecular weight is 615 g/mol. The van der Waals surface area contributed by atoms with Crippen molar-refractivity contribution in [2.75, 3.05) is 20.3 Å². The molecule has 2 N–H and O–H groups in total. The van der Waals surface area contributed by atoms with Gasteiger partial charge >= 0.3 is 5.97 Å². The molecule has 4 atom stereocenters. The Morgan fingerprint density at radius 2 is 1.50 bits per heavy atom. The molecule has 1 fully saturated rings. The largest absolute Gasteiger partial charge is 0.469 e. The highest BCUT2D eigenvalue weighted by atomic mass is 28.4. The molecule has 5 nitrogen and oxygen atoms in total. The summed E-state index contributed by atoms with van der Waals surface area (Å²) in [5.74, 6) is -0.329. The van der Waals surface area contributed by atoms with Crippen LogP contribution in [0.15, 0.2) is 103 Å². The molecule has 0 aromatic heterocycles. The minimum Gasteiger partial charge on any atom is -0.469 e. The van der Waals surface area contributed by atoms with Crippen molar-refractivity contribution in [1.82, 2.24) is 0 Å². The maximum Gasteiger partial charge on any atom is 0.305 e. The normalized spacial score (nSPS) is 22.4. The fraction of sp³-hybridized carbons (Fsp3) is 0.447. The van der Waals surface area contributed by atoms with Crippen molar-refractivity contribution < 1.29 is 24.2 Å².